The molecule has 2 aromatic carbocycles. The molecule has 0 aliphatic carbocycles. The van der Waals surface area contributed by atoms with Gasteiger partial charge in [-0.2, -0.15) is 4.98 Å². The van der Waals surface area contributed by atoms with E-state index in [1.54, 1.807) is 6.20 Å². The molecule has 1 aliphatic heterocycles. The lowest BCUT2D eigenvalue weighted by molar-refractivity contribution is 0.0543. The van der Waals surface area contributed by atoms with E-state index in [0.29, 0.717) is 23.6 Å². The highest BCUT2D eigenvalue weighted by Crippen LogP contribution is 2.22. The molecule has 1 aromatic heterocycles. The summed E-state index contributed by atoms with van der Waals surface area (Å²) in [6, 6.07) is 15.2. The number of hydrogen-bond donors (Lipinski definition) is 0. The van der Waals surface area contributed by atoms with Gasteiger partial charge in [0.25, 0.3) is 0 Å². The highest BCUT2D eigenvalue weighted by atomic mass is 35.5. The Morgan fingerprint density at radius 3 is 2.75 bits per heavy atom. The number of ether oxygens (including phenoxy) is 1. The monoisotopic (exact) mass is 339 g/mol. The van der Waals surface area contributed by atoms with Crippen LogP contribution < -0.4 is 4.74 Å². The molecule has 1 fully saturated rings. The zero-order chi connectivity index (χ0) is 16.4. The minimum absolute atomic E-state index is 0.360. The van der Waals surface area contributed by atoms with Gasteiger partial charge in [0.15, 0.2) is 5.15 Å². The Balaban J connectivity index is 1.28. The Morgan fingerprint density at radius 1 is 1.08 bits per heavy atom. The van der Waals surface area contributed by atoms with E-state index in [9.17, 15) is 0 Å². The van der Waals surface area contributed by atoms with Crippen LogP contribution in [0.5, 0.6) is 5.88 Å². The molecule has 4 nitrogen and oxygen atoms in total. The predicted octanol–water partition coefficient (Wildman–Crippen LogP) is 3.79. The normalized spacial score (nSPS) is 15.4. The number of hydrogen-bond acceptors (Lipinski definition) is 4. The molecule has 1 saturated heterocycles. The van der Waals surface area contributed by atoms with Crippen LogP contribution in [0.4, 0.5) is 0 Å². The number of aromatic nitrogens is 2. The molecule has 2 heterocycles. The molecule has 1 aliphatic rings. The van der Waals surface area contributed by atoms with Crippen LogP contribution in [0.15, 0.2) is 54.9 Å². The molecule has 0 unspecified atom stereocenters. The smallest absolute Gasteiger partial charge is 0.233 e. The van der Waals surface area contributed by atoms with Gasteiger partial charge < -0.3 is 4.74 Å². The molecule has 0 bridgehead atoms. The first-order chi connectivity index (χ1) is 11.8. The number of likely N-dealkylation sites (tertiary alicyclic amines) is 1. The SMILES string of the molecule is Clc1cncc(OCC2CN(Cc3ccc4ccccc4c3)C2)n1. The van der Waals surface area contributed by atoms with Crippen LogP contribution in [0.25, 0.3) is 10.8 Å². The van der Waals surface area contributed by atoms with Crippen LogP contribution >= 0.6 is 11.6 Å². The second-order valence-corrected chi connectivity index (χ2v) is 6.62. The molecule has 24 heavy (non-hydrogen) atoms. The number of nitrogens with zero attached hydrogens (tertiary/aromatic N) is 3. The van der Waals surface area contributed by atoms with E-state index in [1.807, 2.05) is 0 Å². The van der Waals surface area contributed by atoms with Gasteiger partial charge in [-0.1, -0.05) is 48.0 Å². The summed E-state index contributed by atoms with van der Waals surface area (Å²) in [6.45, 7) is 3.73. The first kappa shape index (κ1) is 15.4. The molecule has 0 atom stereocenters. The maximum atomic E-state index is 5.80. The van der Waals surface area contributed by atoms with Gasteiger partial charge in [-0.25, -0.2) is 0 Å². The van der Waals surface area contributed by atoms with Crippen molar-refractivity contribution in [3.63, 3.8) is 0 Å². The van der Waals surface area contributed by atoms with Crippen LogP contribution in [0.1, 0.15) is 5.56 Å². The topological polar surface area (TPSA) is 38.2 Å². The molecule has 0 spiro atoms. The molecule has 3 aromatic rings. The molecule has 0 N–H and O–H groups in total. The van der Waals surface area contributed by atoms with E-state index >= 15 is 0 Å². The van der Waals surface area contributed by atoms with Crippen molar-refractivity contribution in [2.45, 2.75) is 6.54 Å². The summed E-state index contributed by atoms with van der Waals surface area (Å²) in [5, 5.41) is 2.95. The molecule has 0 amide bonds. The van der Waals surface area contributed by atoms with Crippen molar-refractivity contribution in [1.29, 1.82) is 0 Å². The lowest BCUT2D eigenvalue weighted by Crippen LogP contribution is -2.48. The third kappa shape index (κ3) is 3.50. The standard InChI is InChI=1S/C19H18ClN3O/c20-18-8-21-9-19(22-18)24-13-15-11-23(12-15)10-14-5-6-16-3-1-2-4-17(16)7-14/h1-9,15H,10-13H2. The second-order valence-electron chi connectivity index (χ2n) is 6.23. The van der Waals surface area contributed by atoms with Crippen LogP contribution in [0.2, 0.25) is 5.15 Å². The maximum absolute atomic E-state index is 5.80. The highest BCUT2D eigenvalue weighted by Gasteiger charge is 2.27. The summed E-state index contributed by atoms with van der Waals surface area (Å²) < 4.78 is 5.66. The van der Waals surface area contributed by atoms with E-state index in [1.165, 1.54) is 22.5 Å². The quantitative estimate of drug-likeness (QED) is 0.708. The van der Waals surface area contributed by atoms with Crippen molar-refractivity contribution >= 4 is 22.4 Å². The first-order valence-corrected chi connectivity index (χ1v) is 8.44. The van der Waals surface area contributed by atoms with E-state index < -0.39 is 0 Å². The van der Waals surface area contributed by atoms with Gasteiger partial charge in [-0.15, -0.1) is 0 Å². The number of benzene rings is 2. The van der Waals surface area contributed by atoms with Crippen LogP contribution in [0, 0.1) is 5.92 Å². The fourth-order valence-electron chi connectivity index (χ4n) is 3.10. The fraction of sp³-hybridized carbons (Fsp3) is 0.263. The van der Waals surface area contributed by atoms with Crippen LogP contribution in [0.3, 0.4) is 0 Å². The summed E-state index contributed by atoms with van der Waals surface area (Å²) >= 11 is 5.80. The van der Waals surface area contributed by atoms with Gasteiger partial charge in [-0.3, -0.25) is 9.88 Å². The van der Waals surface area contributed by atoms with E-state index in [2.05, 4.69) is 57.3 Å². The molecule has 122 valence electrons. The minimum atomic E-state index is 0.360. The molecular formula is C19H18ClN3O. The van der Waals surface area contributed by atoms with Crippen molar-refractivity contribution < 1.29 is 4.74 Å². The average Bonchev–Trinajstić information content (AvgIpc) is 2.56. The Kier molecular flexibility index (Phi) is 4.32. The van der Waals surface area contributed by atoms with Crippen molar-refractivity contribution in [3.05, 3.63) is 65.6 Å². The lowest BCUT2D eigenvalue weighted by Gasteiger charge is -2.39. The van der Waals surface area contributed by atoms with Gasteiger partial charge >= 0.3 is 0 Å². The zero-order valence-corrected chi connectivity index (χ0v) is 14.0. The summed E-state index contributed by atoms with van der Waals surface area (Å²) in [7, 11) is 0. The Morgan fingerprint density at radius 2 is 1.92 bits per heavy atom. The molecular weight excluding hydrogens is 322 g/mol. The third-order valence-corrected chi connectivity index (χ3v) is 4.48. The third-order valence-electron chi connectivity index (χ3n) is 4.30. The van der Waals surface area contributed by atoms with Gasteiger partial charge in [-0.05, 0) is 22.4 Å². The van der Waals surface area contributed by atoms with Crippen LogP contribution in [-0.4, -0.2) is 34.6 Å². The summed E-state index contributed by atoms with van der Waals surface area (Å²) in [5.41, 5.74) is 1.36. The lowest BCUT2D eigenvalue weighted by atomic mass is 9.99. The summed E-state index contributed by atoms with van der Waals surface area (Å²) in [6.07, 6.45) is 3.10. The van der Waals surface area contributed by atoms with Gasteiger partial charge in [0.1, 0.15) is 0 Å². The highest BCUT2D eigenvalue weighted by molar-refractivity contribution is 6.29. The summed E-state index contributed by atoms with van der Waals surface area (Å²) in [4.78, 5) is 10.5. The minimum Gasteiger partial charge on any atom is -0.476 e. The Labute approximate surface area is 146 Å². The van der Waals surface area contributed by atoms with Crippen molar-refractivity contribution in [2.75, 3.05) is 19.7 Å². The number of halogens is 1. The predicted molar refractivity (Wildman–Crippen MR) is 95.3 cm³/mol. The fourth-order valence-corrected chi connectivity index (χ4v) is 3.24. The van der Waals surface area contributed by atoms with Crippen LogP contribution in [-0.2, 0) is 6.54 Å². The van der Waals surface area contributed by atoms with Gasteiger partial charge in [0, 0.05) is 25.6 Å². The van der Waals surface area contributed by atoms with E-state index in [0.717, 1.165) is 19.6 Å². The maximum Gasteiger partial charge on any atom is 0.233 e. The van der Waals surface area contributed by atoms with Crippen molar-refractivity contribution in [1.82, 2.24) is 14.9 Å². The van der Waals surface area contributed by atoms with E-state index in [4.69, 9.17) is 16.3 Å². The Bertz CT molecular complexity index is 849. The zero-order valence-electron chi connectivity index (χ0n) is 13.2. The van der Waals surface area contributed by atoms with Gasteiger partial charge in [0.05, 0.1) is 19.0 Å². The van der Waals surface area contributed by atoms with E-state index in [-0.39, 0.29) is 0 Å². The molecule has 4 rings (SSSR count). The largest absolute Gasteiger partial charge is 0.476 e. The molecule has 0 radical (unpaired) electrons. The first-order valence-electron chi connectivity index (χ1n) is 8.07. The average molecular weight is 340 g/mol. The number of rotatable bonds is 5. The van der Waals surface area contributed by atoms with Crippen molar-refractivity contribution in [2.24, 2.45) is 5.92 Å². The van der Waals surface area contributed by atoms with Crippen molar-refractivity contribution in [3.8, 4) is 5.88 Å². The second kappa shape index (κ2) is 6.75. The summed E-state index contributed by atoms with van der Waals surface area (Å²) in [5.74, 6) is 1.03. The van der Waals surface area contributed by atoms with Gasteiger partial charge in [0.2, 0.25) is 5.88 Å². The number of fused-ring (bicyclic) bond motifs is 1. The molecule has 5 heteroatoms. The molecule has 0 saturated carbocycles. The Hall–Kier alpha value is -2.17.